The first-order valence-electron chi connectivity index (χ1n) is 11.3. The van der Waals surface area contributed by atoms with Crippen molar-refractivity contribution in [2.24, 2.45) is 0 Å². The van der Waals surface area contributed by atoms with Crippen molar-refractivity contribution < 1.29 is 13.9 Å². The van der Waals surface area contributed by atoms with E-state index in [1.165, 1.54) is 29.8 Å². The highest BCUT2D eigenvalue weighted by Gasteiger charge is 2.11. The van der Waals surface area contributed by atoms with Crippen molar-refractivity contribution in [3.8, 4) is 5.75 Å². The molecule has 0 saturated heterocycles. The van der Waals surface area contributed by atoms with Gasteiger partial charge in [0.25, 0.3) is 5.91 Å². The van der Waals surface area contributed by atoms with E-state index in [4.69, 9.17) is 9.72 Å². The van der Waals surface area contributed by atoms with Crippen LogP contribution in [0.2, 0.25) is 0 Å². The zero-order valence-corrected chi connectivity index (χ0v) is 18.8. The number of ether oxygens (including phenoxy) is 1. The van der Waals surface area contributed by atoms with Gasteiger partial charge in [0.15, 0.2) is 0 Å². The summed E-state index contributed by atoms with van der Waals surface area (Å²) in [6, 6.07) is 21.7. The molecule has 0 fully saturated rings. The minimum atomic E-state index is -0.357. The third-order valence-electron chi connectivity index (χ3n) is 5.51. The Morgan fingerprint density at radius 3 is 2.67 bits per heavy atom. The van der Waals surface area contributed by atoms with Crippen LogP contribution in [0.15, 0.2) is 72.8 Å². The molecule has 33 heavy (non-hydrogen) atoms. The van der Waals surface area contributed by atoms with E-state index in [1.807, 2.05) is 36.4 Å². The number of fused-ring (bicyclic) bond motifs is 1. The van der Waals surface area contributed by atoms with Crippen LogP contribution >= 0.6 is 0 Å². The van der Waals surface area contributed by atoms with E-state index in [-0.39, 0.29) is 11.7 Å². The molecule has 1 amide bonds. The van der Waals surface area contributed by atoms with Crippen LogP contribution < -0.4 is 10.1 Å². The van der Waals surface area contributed by atoms with Crippen molar-refractivity contribution in [1.82, 2.24) is 14.9 Å². The van der Waals surface area contributed by atoms with E-state index in [9.17, 15) is 9.18 Å². The highest BCUT2D eigenvalue weighted by atomic mass is 19.1. The lowest BCUT2D eigenvalue weighted by Crippen LogP contribution is -2.26. The number of hydrogen-bond donors (Lipinski definition) is 1. The van der Waals surface area contributed by atoms with Crippen LogP contribution in [0.3, 0.4) is 0 Å². The molecule has 0 aliphatic carbocycles. The van der Waals surface area contributed by atoms with Gasteiger partial charge in [-0.05, 0) is 73.9 Å². The van der Waals surface area contributed by atoms with Crippen LogP contribution in [0, 0.1) is 12.7 Å². The highest BCUT2D eigenvalue weighted by molar-refractivity contribution is 5.94. The van der Waals surface area contributed by atoms with Gasteiger partial charge in [-0.1, -0.05) is 24.3 Å². The molecule has 0 aliphatic heterocycles. The van der Waals surface area contributed by atoms with Crippen LogP contribution in [-0.2, 0) is 13.0 Å². The predicted octanol–water partition coefficient (Wildman–Crippen LogP) is 5.32. The number of rotatable bonds is 10. The van der Waals surface area contributed by atoms with Crippen molar-refractivity contribution >= 4 is 16.9 Å². The van der Waals surface area contributed by atoms with Crippen LogP contribution in [0.1, 0.15) is 34.6 Å². The van der Waals surface area contributed by atoms with E-state index >= 15 is 0 Å². The minimum Gasteiger partial charge on any atom is -0.494 e. The van der Waals surface area contributed by atoms with Gasteiger partial charge in [-0.25, -0.2) is 9.37 Å². The Labute approximate surface area is 193 Å². The summed E-state index contributed by atoms with van der Waals surface area (Å²) in [5.41, 5.74) is 3.68. The number of nitrogens with one attached hydrogen (secondary N) is 1. The lowest BCUT2D eigenvalue weighted by molar-refractivity contribution is 0.0954. The molecule has 1 N–H and O–H groups in total. The average molecular weight is 446 g/mol. The second-order valence-electron chi connectivity index (χ2n) is 8.05. The van der Waals surface area contributed by atoms with Crippen molar-refractivity contribution in [3.63, 3.8) is 0 Å². The molecule has 0 saturated carbocycles. The first-order valence-corrected chi connectivity index (χ1v) is 11.3. The number of imidazole rings is 1. The summed E-state index contributed by atoms with van der Waals surface area (Å²) in [5, 5.41) is 2.90. The van der Waals surface area contributed by atoms with Gasteiger partial charge in [0, 0.05) is 25.1 Å². The second-order valence-corrected chi connectivity index (χ2v) is 8.05. The molecule has 170 valence electrons. The quantitative estimate of drug-likeness (QED) is 0.336. The number of carbonyl (C=O) groups excluding carboxylic acids is 1. The monoisotopic (exact) mass is 445 g/mol. The van der Waals surface area contributed by atoms with Gasteiger partial charge in [0.2, 0.25) is 0 Å². The molecule has 4 aromatic rings. The summed E-state index contributed by atoms with van der Waals surface area (Å²) in [6.45, 7) is 4.01. The fraction of sp³-hybridized carbons (Fsp3) is 0.259. The summed E-state index contributed by atoms with van der Waals surface area (Å²) in [5.74, 6) is 1.27. The van der Waals surface area contributed by atoms with Crippen molar-refractivity contribution in [1.29, 1.82) is 0 Å². The Morgan fingerprint density at radius 2 is 1.85 bits per heavy atom. The summed E-state index contributed by atoms with van der Waals surface area (Å²) >= 11 is 0. The van der Waals surface area contributed by atoms with Crippen LogP contribution in [0.5, 0.6) is 5.75 Å². The van der Waals surface area contributed by atoms with Crippen molar-refractivity contribution in [2.45, 2.75) is 32.7 Å². The van der Waals surface area contributed by atoms with Crippen LogP contribution in [0.4, 0.5) is 4.39 Å². The molecule has 4 rings (SSSR count). The van der Waals surface area contributed by atoms with Gasteiger partial charge in [0.1, 0.15) is 17.4 Å². The number of carbonyl (C=O) groups is 1. The molecule has 0 radical (unpaired) electrons. The zero-order chi connectivity index (χ0) is 23.0. The molecule has 1 heterocycles. The Hall–Kier alpha value is -3.67. The van der Waals surface area contributed by atoms with E-state index in [1.54, 1.807) is 0 Å². The Balaban J connectivity index is 1.33. The van der Waals surface area contributed by atoms with Gasteiger partial charge >= 0.3 is 0 Å². The lowest BCUT2D eigenvalue weighted by Gasteiger charge is -2.11. The predicted molar refractivity (Wildman–Crippen MR) is 128 cm³/mol. The number of amides is 1. The number of para-hydroxylation sites is 2. The molecular weight excluding hydrogens is 417 g/mol. The van der Waals surface area contributed by atoms with Gasteiger partial charge in [-0.15, -0.1) is 0 Å². The SMILES string of the molecule is Cc1cccc(OCCCCn2c(CCNC(=O)c3ccc(F)cc3)nc3ccccc32)c1. The first kappa shape index (κ1) is 22.5. The van der Waals surface area contributed by atoms with E-state index < -0.39 is 0 Å². The number of nitrogens with zero attached hydrogens (tertiary/aromatic N) is 2. The maximum Gasteiger partial charge on any atom is 0.251 e. The summed E-state index contributed by atoms with van der Waals surface area (Å²) in [7, 11) is 0. The maximum atomic E-state index is 13.1. The average Bonchev–Trinajstić information content (AvgIpc) is 3.16. The highest BCUT2D eigenvalue weighted by Crippen LogP contribution is 2.18. The Morgan fingerprint density at radius 1 is 1.03 bits per heavy atom. The van der Waals surface area contributed by atoms with Gasteiger partial charge in [-0.3, -0.25) is 4.79 Å². The van der Waals surface area contributed by atoms with Gasteiger partial charge in [0.05, 0.1) is 17.6 Å². The lowest BCUT2D eigenvalue weighted by atomic mass is 10.2. The number of aryl methyl sites for hydroxylation is 2. The molecule has 3 aromatic carbocycles. The molecular formula is C27H28FN3O2. The number of hydrogen-bond acceptors (Lipinski definition) is 3. The van der Waals surface area contributed by atoms with Gasteiger partial charge < -0.3 is 14.6 Å². The third-order valence-corrected chi connectivity index (χ3v) is 5.51. The normalized spacial score (nSPS) is 11.0. The van der Waals surface area contributed by atoms with E-state index in [2.05, 4.69) is 28.9 Å². The summed E-state index contributed by atoms with van der Waals surface area (Å²) in [6.07, 6.45) is 2.50. The van der Waals surface area contributed by atoms with Crippen molar-refractivity contribution in [2.75, 3.05) is 13.2 Å². The molecule has 5 nitrogen and oxygen atoms in total. The summed E-state index contributed by atoms with van der Waals surface area (Å²) < 4.78 is 21.2. The Kier molecular flexibility index (Phi) is 7.35. The molecule has 0 spiro atoms. The maximum absolute atomic E-state index is 13.1. The number of unbranched alkanes of at least 4 members (excludes halogenated alkanes) is 1. The molecule has 0 unspecified atom stereocenters. The van der Waals surface area contributed by atoms with Gasteiger partial charge in [-0.2, -0.15) is 0 Å². The van der Waals surface area contributed by atoms with E-state index in [0.29, 0.717) is 25.1 Å². The number of benzene rings is 3. The fourth-order valence-electron chi connectivity index (χ4n) is 3.82. The molecule has 0 aliphatic rings. The smallest absolute Gasteiger partial charge is 0.251 e. The van der Waals surface area contributed by atoms with Crippen LogP contribution in [-0.4, -0.2) is 28.6 Å². The molecule has 6 heteroatoms. The molecule has 0 atom stereocenters. The number of aromatic nitrogens is 2. The summed E-state index contributed by atoms with van der Waals surface area (Å²) in [4.78, 5) is 17.1. The van der Waals surface area contributed by atoms with E-state index in [0.717, 1.165) is 42.0 Å². The largest absolute Gasteiger partial charge is 0.494 e. The minimum absolute atomic E-state index is 0.217. The first-order chi connectivity index (χ1) is 16.1. The molecule has 0 bridgehead atoms. The topological polar surface area (TPSA) is 56.1 Å². The van der Waals surface area contributed by atoms with Crippen molar-refractivity contribution in [3.05, 3.63) is 95.6 Å². The number of halogens is 1. The second kappa shape index (κ2) is 10.8. The Bertz CT molecular complexity index is 1220. The standard InChI is InChI=1S/C27H28FN3O2/c1-20-7-6-8-23(19-20)33-18-5-4-17-31-25-10-3-2-9-24(25)30-26(31)15-16-29-27(32)21-11-13-22(28)14-12-21/h2-3,6-14,19H,4-5,15-18H2,1H3,(H,29,32). The fourth-order valence-corrected chi connectivity index (χ4v) is 3.82. The van der Waals surface area contributed by atoms with Crippen LogP contribution in [0.25, 0.3) is 11.0 Å². The third kappa shape index (κ3) is 5.98. The zero-order valence-electron chi connectivity index (χ0n) is 18.8. The molecule has 1 aromatic heterocycles.